The third-order valence-electron chi connectivity index (χ3n) is 8.15. The molecule has 1 aliphatic carbocycles. The molecule has 200 valence electrons. The van der Waals surface area contributed by atoms with E-state index >= 15 is 0 Å². The van der Waals surface area contributed by atoms with Crippen molar-refractivity contribution in [1.29, 1.82) is 0 Å². The second-order valence-electron chi connectivity index (χ2n) is 10.7. The van der Waals surface area contributed by atoms with Crippen LogP contribution in [-0.2, 0) is 27.2 Å². The van der Waals surface area contributed by atoms with E-state index in [1.807, 2.05) is 30.3 Å². The number of carbonyl (C=O) groups is 2. The van der Waals surface area contributed by atoms with Crippen molar-refractivity contribution in [3.63, 3.8) is 0 Å². The van der Waals surface area contributed by atoms with Crippen LogP contribution in [-0.4, -0.2) is 64.9 Å². The first kappa shape index (κ1) is 24.9. The Hall–Kier alpha value is -3.46. The largest absolute Gasteiger partial charge is 0.481 e. The number of carboxylic acids is 1. The van der Waals surface area contributed by atoms with Crippen LogP contribution in [0.1, 0.15) is 43.2 Å². The number of aromatic nitrogens is 1. The quantitative estimate of drug-likeness (QED) is 0.483. The molecule has 0 bridgehead atoms. The summed E-state index contributed by atoms with van der Waals surface area (Å²) in [7, 11) is 0. The van der Waals surface area contributed by atoms with E-state index in [0.717, 1.165) is 29.7 Å². The molecule has 0 spiro atoms. The van der Waals surface area contributed by atoms with Gasteiger partial charge in [-0.25, -0.2) is 4.39 Å². The van der Waals surface area contributed by atoms with Gasteiger partial charge in [-0.1, -0.05) is 24.3 Å². The van der Waals surface area contributed by atoms with E-state index in [1.165, 1.54) is 5.56 Å². The molecule has 2 fully saturated rings. The summed E-state index contributed by atoms with van der Waals surface area (Å²) in [6, 6.07) is 14.0. The Morgan fingerprint density at radius 3 is 2.76 bits per heavy atom. The lowest BCUT2D eigenvalue weighted by atomic mass is 9.87. The van der Waals surface area contributed by atoms with Gasteiger partial charge in [0.1, 0.15) is 11.7 Å². The zero-order chi connectivity index (χ0) is 26.2. The van der Waals surface area contributed by atoms with Gasteiger partial charge in [0.05, 0.1) is 37.6 Å². The molecule has 1 N–H and O–H groups in total. The van der Waals surface area contributed by atoms with E-state index in [0.29, 0.717) is 37.3 Å². The number of hydrogen-bond acceptors (Lipinski definition) is 6. The fourth-order valence-electron chi connectivity index (χ4n) is 6.04. The number of hydrogen-bond donors (Lipinski definition) is 1. The van der Waals surface area contributed by atoms with Gasteiger partial charge in [-0.3, -0.25) is 14.5 Å². The number of para-hydroxylation sites is 1. The summed E-state index contributed by atoms with van der Waals surface area (Å²) in [5.41, 5.74) is 4.52. The molecular weight excluding hydrogens is 489 g/mol. The number of carboxylic acid groups (broad SMARTS) is 1. The summed E-state index contributed by atoms with van der Waals surface area (Å²) < 4.78 is 26.5. The number of nitrogens with zero attached hydrogens (tertiary/aromatic N) is 3. The normalized spacial score (nSPS) is 25.2. The summed E-state index contributed by atoms with van der Waals surface area (Å²) in [6.07, 6.45) is 2.78. The van der Waals surface area contributed by atoms with E-state index in [9.17, 15) is 19.1 Å². The van der Waals surface area contributed by atoms with E-state index in [1.54, 1.807) is 4.90 Å². The zero-order valence-corrected chi connectivity index (χ0v) is 21.2. The molecule has 0 unspecified atom stereocenters. The van der Waals surface area contributed by atoms with Crippen molar-refractivity contribution in [1.82, 2.24) is 9.88 Å². The lowest BCUT2D eigenvalue weighted by Gasteiger charge is -2.29. The van der Waals surface area contributed by atoms with Crippen molar-refractivity contribution in [2.24, 2.45) is 5.92 Å². The number of ether oxygens (including phenoxy) is 1. The highest BCUT2D eigenvalue weighted by Crippen LogP contribution is 2.35. The number of rotatable bonds is 7. The maximum Gasteiger partial charge on any atom is 0.306 e. The van der Waals surface area contributed by atoms with Crippen LogP contribution in [0, 0.1) is 5.92 Å². The fraction of sp³-hybridized carbons (Fsp3) is 0.483. The number of likely N-dealkylation sites (tertiary alicyclic amines) is 1. The van der Waals surface area contributed by atoms with E-state index in [2.05, 4.69) is 22.0 Å². The first-order valence-corrected chi connectivity index (χ1v) is 13.5. The highest BCUT2D eigenvalue weighted by atomic mass is 19.1. The summed E-state index contributed by atoms with van der Waals surface area (Å²) in [5.74, 6) is -1.20. The number of aliphatic carboxylic acids is 1. The van der Waals surface area contributed by atoms with Crippen molar-refractivity contribution in [3.05, 3.63) is 53.6 Å². The minimum absolute atomic E-state index is 0.0353. The monoisotopic (exact) mass is 521 g/mol. The highest BCUT2D eigenvalue weighted by Gasteiger charge is 2.36. The molecule has 1 saturated carbocycles. The van der Waals surface area contributed by atoms with Gasteiger partial charge in [-0.15, -0.1) is 0 Å². The van der Waals surface area contributed by atoms with Crippen LogP contribution >= 0.6 is 0 Å². The van der Waals surface area contributed by atoms with Crippen molar-refractivity contribution in [2.75, 3.05) is 24.6 Å². The molecule has 2 aromatic carbocycles. The number of carbonyl (C=O) groups excluding carboxylic acids is 1. The van der Waals surface area contributed by atoms with Gasteiger partial charge in [-0.05, 0) is 61.4 Å². The van der Waals surface area contributed by atoms with Crippen LogP contribution < -0.4 is 4.90 Å². The Morgan fingerprint density at radius 1 is 1.13 bits per heavy atom. The van der Waals surface area contributed by atoms with E-state index in [-0.39, 0.29) is 50.0 Å². The Bertz CT molecular complexity index is 1330. The standard InChI is InChI=1S/C29H32FN3O5/c30-21-15-22(17-37-23-8-6-20(7-9-23)28(35)36)33(16-21)27(34)14-18-5-10-24-26(13-18)38-29(31-24)32-12-11-19-3-1-2-4-25(19)32/h1-5,10,13,20-23H,6-9,11-12,14-17H2,(H,35,36)/t20?,21-,22-,23?/m0/s1. The number of alkyl halides is 1. The van der Waals surface area contributed by atoms with Crippen LogP contribution in [0.15, 0.2) is 46.9 Å². The molecule has 1 aromatic heterocycles. The highest BCUT2D eigenvalue weighted by molar-refractivity contribution is 5.82. The van der Waals surface area contributed by atoms with Crippen LogP contribution in [0.2, 0.25) is 0 Å². The molecule has 2 atom stereocenters. The zero-order valence-electron chi connectivity index (χ0n) is 21.2. The predicted molar refractivity (Wildman–Crippen MR) is 139 cm³/mol. The van der Waals surface area contributed by atoms with Gasteiger partial charge in [0.15, 0.2) is 5.58 Å². The van der Waals surface area contributed by atoms with Crippen LogP contribution in [0.4, 0.5) is 16.1 Å². The van der Waals surface area contributed by atoms with Crippen LogP contribution in [0.5, 0.6) is 0 Å². The van der Waals surface area contributed by atoms with Gasteiger partial charge >= 0.3 is 12.0 Å². The number of fused-ring (bicyclic) bond motifs is 2. The summed E-state index contributed by atoms with van der Waals surface area (Å²) in [4.78, 5) is 32.7. The van der Waals surface area contributed by atoms with Crippen molar-refractivity contribution in [2.45, 2.75) is 63.3 Å². The summed E-state index contributed by atoms with van der Waals surface area (Å²) in [6.45, 7) is 1.15. The number of oxazole rings is 1. The average molecular weight is 522 g/mol. The Balaban J connectivity index is 1.09. The Labute approximate surface area is 220 Å². The fourth-order valence-corrected chi connectivity index (χ4v) is 6.04. The molecule has 3 aromatic rings. The molecule has 3 heterocycles. The number of anilines is 2. The lowest BCUT2D eigenvalue weighted by molar-refractivity contribution is -0.144. The van der Waals surface area contributed by atoms with E-state index in [4.69, 9.17) is 9.15 Å². The number of halogens is 1. The third-order valence-corrected chi connectivity index (χ3v) is 8.15. The van der Waals surface area contributed by atoms with Crippen molar-refractivity contribution in [3.8, 4) is 0 Å². The van der Waals surface area contributed by atoms with Crippen LogP contribution in [0.3, 0.4) is 0 Å². The molecule has 9 heteroatoms. The summed E-state index contributed by atoms with van der Waals surface area (Å²) in [5, 5.41) is 9.18. The molecule has 1 saturated heterocycles. The van der Waals surface area contributed by atoms with Gasteiger partial charge in [-0.2, -0.15) is 4.98 Å². The summed E-state index contributed by atoms with van der Waals surface area (Å²) >= 11 is 0. The molecule has 2 aliphatic heterocycles. The van der Waals surface area contributed by atoms with E-state index < -0.39 is 12.1 Å². The van der Waals surface area contributed by atoms with Crippen molar-refractivity contribution >= 4 is 34.7 Å². The Morgan fingerprint density at radius 2 is 1.95 bits per heavy atom. The van der Waals surface area contributed by atoms with Crippen molar-refractivity contribution < 1.29 is 28.2 Å². The minimum Gasteiger partial charge on any atom is -0.481 e. The molecule has 3 aliphatic rings. The maximum absolute atomic E-state index is 14.4. The second kappa shape index (κ2) is 10.4. The SMILES string of the molecule is O=C(O)C1CCC(OC[C@@H]2C[C@H](F)CN2C(=O)Cc2ccc3nc(N4CCc5ccccc54)oc3c2)CC1. The minimum atomic E-state index is -1.07. The topological polar surface area (TPSA) is 96.1 Å². The molecule has 8 nitrogen and oxygen atoms in total. The second-order valence-corrected chi connectivity index (χ2v) is 10.7. The lowest BCUT2D eigenvalue weighted by Crippen LogP contribution is -2.40. The first-order valence-electron chi connectivity index (χ1n) is 13.5. The van der Waals surface area contributed by atoms with Gasteiger partial charge < -0.3 is 19.2 Å². The third kappa shape index (κ3) is 4.99. The molecular formula is C29H32FN3O5. The Kier molecular flexibility index (Phi) is 6.78. The number of amides is 1. The average Bonchev–Trinajstić information content (AvgIpc) is 3.63. The first-order chi connectivity index (χ1) is 18.4. The molecule has 1 amide bonds. The van der Waals surface area contributed by atoms with Crippen LogP contribution in [0.25, 0.3) is 11.1 Å². The van der Waals surface area contributed by atoms with Gasteiger partial charge in [0, 0.05) is 18.7 Å². The maximum atomic E-state index is 14.4. The predicted octanol–water partition coefficient (Wildman–Crippen LogP) is 4.66. The van der Waals surface area contributed by atoms with Gasteiger partial charge in [0.2, 0.25) is 5.91 Å². The van der Waals surface area contributed by atoms with Gasteiger partial charge in [0.25, 0.3) is 0 Å². The smallest absolute Gasteiger partial charge is 0.306 e. The molecule has 6 rings (SSSR count). The molecule has 0 radical (unpaired) electrons. The molecule has 38 heavy (non-hydrogen) atoms. The number of benzene rings is 2.